The number of rotatable bonds is 8. The van der Waals surface area contributed by atoms with Crippen LogP contribution in [0.3, 0.4) is 0 Å². The van der Waals surface area contributed by atoms with Gasteiger partial charge in [0.2, 0.25) is 10.0 Å². The highest BCUT2D eigenvalue weighted by atomic mass is 32.2. The van der Waals surface area contributed by atoms with Gasteiger partial charge in [0, 0.05) is 18.8 Å². The highest BCUT2D eigenvalue weighted by Gasteiger charge is 2.28. The van der Waals surface area contributed by atoms with Crippen molar-refractivity contribution in [2.75, 3.05) is 17.9 Å². The zero-order valence-electron chi connectivity index (χ0n) is 19.2. The van der Waals surface area contributed by atoms with Crippen LogP contribution in [-0.4, -0.2) is 34.3 Å². The SMILES string of the molecule is CCCOc1ccc(S(=O)(=O)Nc2ccc3c(c2)CN(S(=O)(=O)c2ccc(C)cc2)CC3)cc1. The van der Waals surface area contributed by atoms with Crippen molar-refractivity contribution in [3.05, 3.63) is 83.4 Å². The molecule has 1 aliphatic heterocycles. The second kappa shape index (κ2) is 9.77. The molecule has 0 fully saturated rings. The molecule has 0 bridgehead atoms. The van der Waals surface area contributed by atoms with Crippen LogP contribution in [0.1, 0.15) is 30.0 Å². The van der Waals surface area contributed by atoms with Crippen LogP contribution in [-0.2, 0) is 33.0 Å². The van der Waals surface area contributed by atoms with Gasteiger partial charge in [0.25, 0.3) is 10.0 Å². The Labute approximate surface area is 201 Å². The van der Waals surface area contributed by atoms with Crippen molar-refractivity contribution in [1.82, 2.24) is 4.31 Å². The van der Waals surface area contributed by atoms with E-state index in [1.807, 2.05) is 19.9 Å². The largest absolute Gasteiger partial charge is 0.494 e. The lowest BCUT2D eigenvalue weighted by molar-refractivity contribution is 0.317. The summed E-state index contributed by atoms with van der Waals surface area (Å²) in [4.78, 5) is 0.377. The number of nitrogens with one attached hydrogen (secondary N) is 1. The zero-order valence-corrected chi connectivity index (χ0v) is 20.8. The molecule has 0 aromatic heterocycles. The Balaban J connectivity index is 1.52. The summed E-state index contributed by atoms with van der Waals surface area (Å²) in [7, 11) is -7.44. The van der Waals surface area contributed by atoms with Gasteiger partial charge in [0.15, 0.2) is 0 Å². The van der Waals surface area contributed by atoms with E-state index in [-0.39, 0.29) is 16.3 Å². The molecule has 0 radical (unpaired) electrons. The van der Waals surface area contributed by atoms with Gasteiger partial charge in [-0.05, 0) is 79.4 Å². The van der Waals surface area contributed by atoms with Crippen molar-refractivity contribution < 1.29 is 21.6 Å². The van der Waals surface area contributed by atoms with E-state index >= 15 is 0 Å². The highest BCUT2D eigenvalue weighted by Crippen LogP contribution is 2.28. The fourth-order valence-corrected chi connectivity index (χ4v) is 6.28. The van der Waals surface area contributed by atoms with Crippen LogP contribution >= 0.6 is 0 Å². The minimum Gasteiger partial charge on any atom is -0.494 e. The minimum absolute atomic E-state index is 0.123. The maximum atomic E-state index is 13.1. The highest BCUT2D eigenvalue weighted by molar-refractivity contribution is 7.92. The van der Waals surface area contributed by atoms with E-state index in [4.69, 9.17) is 4.74 Å². The zero-order chi connectivity index (χ0) is 24.3. The predicted octanol–water partition coefficient (Wildman–Crippen LogP) is 4.33. The first-order chi connectivity index (χ1) is 16.2. The van der Waals surface area contributed by atoms with Crippen molar-refractivity contribution >= 4 is 25.7 Å². The third kappa shape index (κ3) is 5.27. The maximum absolute atomic E-state index is 13.1. The number of ether oxygens (including phenoxy) is 1. The number of aryl methyl sites for hydroxylation is 1. The number of fused-ring (bicyclic) bond motifs is 1. The molecule has 1 aliphatic rings. The number of hydrogen-bond donors (Lipinski definition) is 1. The van der Waals surface area contributed by atoms with E-state index in [2.05, 4.69) is 4.72 Å². The Bertz CT molecular complexity index is 1370. The molecule has 180 valence electrons. The first kappa shape index (κ1) is 24.3. The van der Waals surface area contributed by atoms with Crippen LogP contribution in [0.15, 0.2) is 76.5 Å². The summed E-state index contributed by atoms with van der Waals surface area (Å²) in [6, 6.07) is 18.3. The number of hydrogen-bond acceptors (Lipinski definition) is 5. The van der Waals surface area contributed by atoms with Crippen LogP contribution in [0.5, 0.6) is 5.75 Å². The van der Waals surface area contributed by atoms with E-state index in [1.54, 1.807) is 48.5 Å². The Morgan fingerprint density at radius 3 is 2.24 bits per heavy atom. The molecule has 7 nitrogen and oxygen atoms in total. The summed E-state index contributed by atoms with van der Waals surface area (Å²) in [5.41, 5.74) is 3.17. The molecule has 1 heterocycles. The summed E-state index contributed by atoms with van der Waals surface area (Å²) in [6.45, 7) is 5.03. The molecule has 0 atom stereocenters. The third-order valence-electron chi connectivity index (χ3n) is 5.70. The summed E-state index contributed by atoms with van der Waals surface area (Å²) < 4.78 is 61.5. The van der Waals surface area contributed by atoms with Gasteiger partial charge in [-0.1, -0.05) is 30.7 Å². The molecule has 34 heavy (non-hydrogen) atoms. The molecule has 1 N–H and O–H groups in total. The summed E-state index contributed by atoms with van der Waals surface area (Å²) in [6.07, 6.45) is 1.43. The molecule has 0 unspecified atom stereocenters. The van der Waals surface area contributed by atoms with Gasteiger partial charge in [-0.3, -0.25) is 4.72 Å². The van der Waals surface area contributed by atoms with Crippen molar-refractivity contribution in [2.45, 2.75) is 43.0 Å². The summed E-state index contributed by atoms with van der Waals surface area (Å²) in [5.74, 6) is 0.615. The lowest BCUT2D eigenvalue weighted by atomic mass is 10.0. The van der Waals surface area contributed by atoms with Gasteiger partial charge >= 0.3 is 0 Å². The van der Waals surface area contributed by atoms with Gasteiger partial charge in [-0.15, -0.1) is 0 Å². The molecule has 0 aliphatic carbocycles. The standard InChI is InChI=1S/C25H28N2O5S2/c1-3-16-32-23-8-12-24(13-9-23)33(28,29)26-22-7-6-20-14-15-27(18-21(20)17-22)34(30,31)25-10-4-19(2)5-11-25/h4-13,17,26H,3,14-16,18H2,1-2H3. The molecule has 0 amide bonds. The average molecular weight is 501 g/mol. The number of sulfonamides is 2. The molecule has 0 saturated carbocycles. The maximum Gasteiger partial charge on any atom is 0.261 e. The average Bonchev–Trinajstić information content (AvgIpc) is 2.82. The van der Waals surface area contributed by atoms with Crippen LogP contribution in [0.2, 0.25) is 0 Å². The lowest BCUT2D eigenvalue weighted by Gasteiger charge is -2.28. The van der Waals surface area contributed by atoms with Crippen molar-refractivity contribution in [3.63, 3.8) is 0 Å². The molecule has 3 aromatic carbocycles. The molecule has 3 aromatic rings. The lowest BCUT2D eigenvalue weighted by Crippen LogP contribution is -2.36. The van der Waals surface area contributed by atoms with Gasteiger partial charge in [0.1, 0.15) is 5.75 Å². The van der Waals surface area contributed by atoms with E-state index in [0.717, 1.165) is 23.1 Å². The third-order valence-corrected chi connectivity index (χ3v) is 8.96. The summed E-state index contributed by atoms with van der Waals surface area (Å²) in [5, 5.41) is 0. The molecule has 0 saturated heterocycles. The molecule has 9 heteroatoms. The fraction of sp³-hybridized carbons (Fsp3) is 0.280. The predicted molar refractivity (Wildman–Crippen MR) is 132 cm³/mol. The van der Waals surface area contributed by atoms with E-state index in [9.17, 15) is 16.8 Å². The normalized spacial score (nSPS) is 14.4. The van der Waals surface area contributed by atoms with Crippen LogP contribution in [0.25, 0.3) is 0 Å². The number of nitrogens with zero attached hydrogens (tertiary/aromatic N) is 1. The van der Waals surface area contributed by atoms with Crippen molar-refractivity contribution in [3.8, 4) is 5.75 Å². The topological polar surface area (TPSA) is 92.8 Å². The second-order valence-electron chi connectivity index (χ2n) is 8.31. The minimum atomic E-state index is -3.80. The molecule has 0 spiro atoms. The molecular formula is C25H28N2O5S2. The van der Waals surface area contributed by atoms with Crippen LogP contribution < -0.4 is 9.46 Å². The van der Waals surface area contributed by atoms with E-state index in [0.29, 0.717) is 31.0 Å². The Kier molecular flexibility index (Phi) is 6.97. The Hall–Kier alpha value is -2.88. The van der Waals surface area contributed by atoms with Crippen molar-refractivity contribution in [1.29, 1.82) is 0 Å². The second-order valence-corrected chi connectivity index (χ2v) is 11.9. The Morgan fingerprint density at radius 1 is 0.882 bits per heavy atom. The first-order valence-electron chi connectivity index (χ1n) is 11.1. The van der Waals surface area contributed by atoms with Gasteiger partial charge in [0.05, 0.1) is 16.4 Å². The molecule has 4 rings (SSSR count). The van der Waals surface area contributed by atoms with Crippen LogP contribution in [0.4, 0.5) is 5.69 Å². The number of benzene rings is 3. The smallest absolute Gasteiger partial charge is 0.261 e. The number of anilines is 1. The fourth-order valence-electron chi connectivity index (χ4n) is 3.81. The van der Waals surface area contributed by atoms with Crippen LogP contribution in [0, 0.1) is 6.92 Å². The van der Waals surface area contributed by atoms with Crippen molar-refractivity contribution in [2.24, 2.45) is 0 Å². The summed E-state index contributed by atoms with van der Waals surface area (Å²) >= 11 is 0. The van der Waals surface area contributed by atoms with Gasteiger partial charge in [-0.2, -0.15) is 4.31 Å². The van der Waals surface area contributed by atoms with E-state index < -0.39 is 20.0 Å². The molecular weight excluding hydrogens is 472 g/mol. The first-order valence-corrected chi connectivity index (χ1v) is 14.1. The Morgan fingerprint density at radius 2 is 1.56 bits per heavy atom. The monoisotopic (exact) mass is 500 g/mol. The van der Waals surface area contributed by atoms with Gasteiger partial charge in [-0.25, -0.2) is 16.8 Å². The van der Waals surface area contributed by atoms with E-state index in [1.165, 1.54) is 16.4 Å². The quantitative estimate of drug-likeness (QED) is 0.497. The van der Waals surface area contributed by atoms with Gasteiger partial charge < -0.3 is 4.74 Å².